The van der Waals surface area contributed by atoms with Crippen LogP contribution in [0.3, 0.4) is 0 Å². The highest BCUT2D eigenvalue weighted by Crippen LogP contribution is 1.74. The molecule has 0 heterocycles. The van der Waals surface area contributed by atoms with E-state index in [9.17, 15) is 4.79 Å². The van der Waals surface area contributed by atoms with Crippen LogP contribution >= 0.6 is 0 Å². The van der Waals surface area contributed by atoms with Crippen molar-refractivity contribution in [3.8, 4) is 0 Å². The van der Waals surface area contributed by atoms with Gasteiger partial charge in [-0.15, -0.1) is 0 Å². The first-order chi connectivity index (χ1) is 5.31. The van der Waals surface area contributed by atoms with E-state index in [-0.39, 0.29) is 12.5 Å². The molecular formula is C7H15NO3. The number of carbonyl (C=O) groups excluding carboxylic acids is 1. The smallest absolute Gasteiger partial charge is 0.319 e. The van der Waals surface area contributed by atoms with E-state index in [1.807, 2.05) is 0 Å². The van der Waals surface area contributed by atoms with E-state index < -0.39 is 0 Å². The zero-order chi connectivity index (χ0) is 8.53. The second kappa shape index (κ2) is 7.50. The van der Waals surface area contributed by atoms with Gasteiger partial charge in [-0.2, -0.15) is 0 Å². The number of esters is 1. The Kier molecular flexibility index (Phi) is 7.08. The van der Waals surface area contributed by atoms with Crippen molar-refractivity contribution in [2.24, 2.45) is 0 Å². The molecule has 4 nitrogen and oxygen atoms in total. The first kappa shape index (κ1) is 10.4. The van der Waals surface area contributed by atoms with E-state index in [1.165, 1.54) is 0 Å². The van der Waals surface area contributed by atoms with Crippen LogP contribution in [0, 0.1) is 0 Å². The van der Waals surface area contributed by atoms with Gasteiger partial charge < -0.3 is 14.8 Å². The largest absolute Gasteiger partial charge is 0.465 e. The lowest BCUT2D eigenvalue weighted by Gasteiger charge is -2.02. The van der Waals surface area contributed by atoms with Gasteiger partial charge in [0.15, 0.2) is 0 Å². The van der Waals surface area contributed by atoms with Crippen LogP contribution in [0.5, 0.6) is 0 Å². The second-order valence-electron chi connectivity index (χ2n) is 1.97. The SMILES string of the molecule is CCOC(=O)CNCCOC. The van der Waals surface area contributed by atoms with Crippen LogP contribution in [0.2, 0.25) is 0 Å². The lowest BCUT2D eigenvalue weighted by atomic mass is 10.6. The highest BCUT2D eigenvalue weighted by molar-refractivity contribution is 5.71. The molecule has 0 amide bonds. The number of methoxy groups -OCH3 is 1. The van der Waals surface area contributed by atoms with Crippen LogP contribution in [0.4, 0.5) is 0 Å². The third-order valence-electron chi connectivity index (χ3n) is 1.06. The Bertz CT molecular complexity index is 106. The highest BCUT2D eigenvalue weighted by Gasteiger charge is 1.98. The van der Waals surface area contributed by atoms with Crippen LogP contribution < -0.4 is 5.32 Å². The number of ether oxygens (including phenoxy) is 2. The molecule has 4 heteroatoms. The molecule has 1 N–H and O–H groups in total. The van der Waals surface area contributed by atoms with Gasteiger partial charge in [0, 0.05) is 13.7 Å². The predicted molar refractivity (Wildman–Crippen MR) is 41.4 cm³/mol. The van der Waals surface area contributed by atoms with Crippen LogP contribution in [0.25, 0.3) is 0 Å². The number of nitrogens with one attached hydrogen (secondary N) is 1. The van der Waals surface area contributed by atoms with Crippen LogP contribution in [-0.2, 0) is 14.3 Å². The number of hydrogen-bond donors (Lipinski definition) is 1. The summed E-state index contributed by atoms with van der Waals surface area (Å²) < 4.78 is 9.45. The van der Waals surface area contributed by atoms with Gasteiger partial charge in [-0.05, 0) is 6.92 Å². The summed E-state index contributed by atoms with van der Waals surface area (Å²) in [6, 6.07) is 0. The number of hydrogen-bond acceptors (Lipinski definition) is 4. The average Bonchev–Trinajstić information content (AvgIpc) is 1.99. The molecule has 0 aliphatic carbocycles. The summed E-state index contributed by atoms with van der Waals surface area (Å²) in [5, 5.41) is 2.87. The number of rotatable bonds is 6. The van der Waals surface area contributed by atoms with Gasteiger partial charge >= 0.3 is 5.97 Å². The summed E-state index contributed by atoms with van der Waals surface area (Å²) in [7, 11) is 1.62. The minimum Gasteiger partial charge on any atom is -0.465 e. The van der Waals surface area contributed by atoms with Crippen molar-refractivity contribution < 1.29 is 14.3 Å². The maximum absolute atomic E-state index is 10.7. The topological polar surface area (TPSA) is 47.6 Å². The first-order valence-corrected chi connectivity index (χ1v) is 3.66. The lowest BCUT2D eigenvalue weighted by molar-refractivity contribution is -0.142. The molecule has 0 saturated heterocycles. The maximum Gasteiger partial charge on any atom is 0.319 e. The Morgan fingerprint density at radius 1 is 1.55 bits per heavy atom. The highest BCUT2D eigenvalue weighted by atomic mass is 16.5. The third-order valence-corrected chi connectivity index (χ3v) is 1.06. The minimum absolute atomic E-state index is 0.219. The molecule has 0 aromatic carbocycles. The number of carbonyl (C=O) groups is 1. The molecule has 66 valence electrons. The fourth-order valence-electron chi connectivity index (χ4n) is 0.577. The summed E-state index contributed by atoms with van der Waals surface area (Å²) in [5.74, 6) is -0.219. The van der Waals surface area contributed by atoms with Crippen molar-refractivity contribution in [2.45, 2.75) is 6.92 Å². The molecule has 0 rings (SSSR count). The quantitative estimate of drug-likeness (QED) is 0.432. The van der Waals surface area contributed by atoms with Gasteiger partial charge in [0.1, 0.15) is 0 Å². The molecule has 0 aliphatic heterocycles. The molecule has 0 unspecified atom stereocenters. The van der Waals surface area contributed by atoms with Crippen molar-refractivity contribution in [3.63, 3.8) is 0 Å². The summed E-state index contributed by atoms with van der Waals surface area (Å²) >= 11 is 0. The molecule has 0 atom stereocenters. The predicted octanol–water partition coefficient (Wildman–Crippen LogP) is -0.215. The van der Waals surface area contributed by atoms with Crippen LogP contribution in [0.1, 0.15) is 6.92 Å². The normalized spacial score (nSPS) is 9.64. The van der Waals surface area contributed by atoms with Gasteiger partial charge in [-0.1, -0.05) is 0 Å². The third kappa shape index (κ3) is 7.29. The van der Waals surface area contributed by atoms with E-state index in [1.54, 1.807) is 14.0 Å². The Morgan fingerprint density at radius 2 is 2.27 bits per heavy atom. The van der Waals surface area contributed by atoms with Crippen LogP contribution in [0.15, 0.2) is 0 Å². The first-order valence-electron chi connectivity index (χ1n) is 3.66. The fourth-order valence-corrected chi connectivity index (χ4v) is 0.577. The molecule has 0 fully saturated rings. The van der Waals surface area contributed by atoms with Crippen molar-refractivity contribution >= 4 is 5.97 Å². The molecule has 0 spiro atoms. The summed E-state index contributed by atoms with van der Waals surface area (Å²) in [4.78, 5) is 10.7. The minimum atomic E-state index is -0.219. The zero-order valence-corrected chi connectivity index (χ0v) is 7.05. The Labute approximate surface area is 66.9 Å². The van der Waals surface area contributed by atoms with E-state index in [0.29, 0.717) is 19.8 Å². The summed E-state index contributed by atoms with van der Waals surface area (Å²) in [6.45, 7) is 3.77. The molecule has 0 radical (unpaired) electrons. The average molecular weight is 161 g/mol. The Morgan fingerprint density at radius 3 is 2.82 bits per heavy atom. The zero-order valence-electron chi connectivity index (χ0n) is 7.05. The summed E-state index contributed by atoms with van der Waals surface area (Å²) in [6.07, 6.45) is 0. The van der Waals surface area contributed by atoms with E-state index in [0.717, 1.165) is 0 Å². The van der Waals surface area contributed by atoms with Gasteiger partial charge in [-0.3, -0.25) is 4.79 Å². The van der Waals surface area contributed by atoms with Crippen molar-refractivity contribution in [1.82, 2.24) is 5.32 Å². The Balaban J connectivity index is 3.04. The van der Waals surface area contributed by atoms with Gasteiger partial charge in [0.2, 0.25) is 0 Å². The Hall–Kier alpha value is -0.610. The molecule has 0 aromatic heterocycles. The van der Waals surface area contributed by atoms with Crippen LogP contribution in [-0.4, -0.2) is 39.4 Å². The summed E-state index contributed by atoms with van der Waals surface area (Å²) in [5.41, 5.74) is 0. The fraction of sp³-hybridized carbons (Fsp3) is 0.857. The van der Waals surface area contributed by atoms with Gasteiger partial charge in [-0.25, -0.2) is 0 Å². The van der Waals surface area contributed by atoms with Gasteiger partial charge in [0.25, 0.3) is 0 Å². The van der Waals surface area contributed by atoms with Crippen molar-refractivity contribution in [3.05, 3.63) is 0 Å². The molecule has 0 aliphatic rings. The van der Waals surface area contributed by atoms with Crippen molar-refractivity contribution in [2.75, 3.05) is 33.4 Å². The lowest BCUT2D eigenvalue weighted by Crippen LogP contribution is -2.27. The van der Waals surface area contributed by atoms with Crippen molar-refractivity contribution in [1.29, 1.82) is 0 Å². The molecule has 0 bridgehead atoms. The molecular weight excluding hydrogens is 146 g/mol. The van der Waals surface area contributed by atoms with Gasteiger partial charge in [0.05, 0.1) is 19.8 Å². The molecule has 0 saturated carbocycles. The maximum atomic E-state index is 10.7. The molecule has 0 aromatic rings. The molecule has 11 heavy (non-hydrogen) atoms. The second-order valence-corrected chi connectivity index (χ2v) is 1.97. The monoisotopic (exact) mass is 161 g/mol. The standard InChI is InChI=1S/C7H15NO3/c1-3-11-7(9)6-8-4-5-10-2/h8H,3-6H2,1-2H3. The van der Waals surface area contributed by atoms with E-state index in [2.05, 4.69) is 10.1 Å². The van der Waals surface area contributed by atoms with E-state index >= 15 is 0 Å². The van der Waals surface area contributed by atoms with E-state index in [4.69, 9.17) is 4.74 Å².